The number of aliphatic hydroxyl groups is 1. The first-order valence-electron chi connectivity index (χ1n) is 8.28. The number of carbonyl (C=O) groups excluding carboxylic acids is 1. The number of rotatable bonds is 6. The standard InChI is InChI=1S/C19H24F2O5/c1-12(2)10-14-15(26-18(3,4)25-14)19(23,17(20)21)11-24-16(22)13-8-6-5-7-9-13/h5-10,14-15,17,23H,11H2,1-4H3/t14-,15-,19+/m0/s1. The molecule has 26 heavy (non-hydrogen) atoms. The molecule has 0 aromatic heterocycles. The second-order valence-corrected chi connectivity index (χ2v) is 7.00. The Hall–Kier alpha value is -1.83. The van der Waals surface area contributed by atoms with Gasteiger partial charge < -0.3 is 19.3 Å². The molecule has 0 unspecified atom stereocenters. The maximum atomic E-state index is 13.8. The summed E-state index contributed by atoms with van der Waals surface area (Å²) >= 11 is 0. The molecule has 1 aromatic rings. The van der Waals surface area contributed by atoms with E-state index in [2.05, 4.69) is 0 Å². The Bertz CT molecular complexity index is 655. The fourth-order valence-corrected chi connectivity index (χ4v) is 2.73. The van der Waals surface area contributed by atoms with Crippen molar-refractivity contribution in [2.45, 2.75) is 57.7 Å². The molecule has 1 aromatic carbocycles. The van der Waals surface area contributed by atoms with Gasteiger partial charge in [0.25, 0.3) is 6.43 Å². The van der Waals surface area contributed by atoms with E-state index in [0.29, 0.717) is 0 Å². The quantitative estimate of drug-likeness (QED) is 0.615. The number of carbonyl (C=O) groups is 1. The lowest BCUT2D eigenvalue weighted by atomic mass is 9.92. The van der Waals surface area contributed by atoms with Gasteiger partial charge in [0.05, 0.1) is 5.56 Å². The van der Waals surface area contributed by atoms with Crippen molar-refractivity contribution in [1.29, 1.82) is 0 Å². The van der Waals surface area contributed by atoms with Crippen LogP contribution in [0, 0.1) is 0 Å². The number of hydrogen-bond donors (Lipinski definition) is 1. The summed E-state index contributed by atoms with van der Waals surface area (Å²) in [6, 6.07) is 7.94. The first kappa shape index (κ1) is 20.5. The summed E-state index contributed by atoms with van der Waals surface area (Å²) < 4.78 is 43.6. The van der Waals surface area contributed by atoms with Crippen LogP contribution in [0.3, 0.4) is 0 Å². The minimum Gasteiger partial charge on any atom is -0.459 e. The average molecular weight is 370 g/mol. The summed E-state index contributed by atoms with van der Waals surface area (Å²) in [5.41, 5.74) is -1.69. The molecule has 1 fully saturated rings. The number of halogens is 2. The largest absolute Gasteiger partial charge is 0.459 e. The Morgan fingerprint density at radius 3 is 2.46 bits per heavy atom. The lowest BCUT2D eigenvalue weighted by Crippen LogP contribution is -2.56. The number of alkyl halides is 2. The van der Waals surface area contributed by atoms with Gasteiger partial charge in [-0.3, -0.25) is 0 Å². The molecule has 1 N–H and O–H groups in total. The van der Waals surface area contributed by atoms with E-state index in [9.17, 15) is 18.7 Å². The van der Waals surface area contributed by atoms with Gasteiger partial charge in [0.1, 0.15) is 18.8 Å². The van der Waals surface area contributed by atoms with E-state index >= 15 is 0 Å². The molecule has 0 radical (unpaired) electrons. The van der Waals surface area contributed by atoms with Crippen LogP contribution < -0.4 is 0 Å². The van der Waals surface area contributed by atoms with E-state index in [1.54, 1.807) is 52.0 Å². The summed E-state index contributed by atoms with van der Waals surface area (Å²) in [7, 11) is 0. The topological polar surface area (TPSA) is 65.0 Å². The van der Waals surface area contributed by atoms with Crippen molar-refractivity contribution < 1.29 is 32.9 Å². The van der Waals surface area contributed by atoms with Crippen molar-refractivity contribution in [2.75, 3.05) is 6.61 Å². The molecule has 2 rings (SSSR count). The maximum absolute atomic E-state index is 13.8. The van der Waals surface area contributed by atoms with Gasteiger partial charge in [-0.05, 0) is 39.8 Å². The molecule has 0 spiro atoms. The van der Waals surface area contributed by atoms with Gasteiger partial charge in [-0.2, -0.15) is 0 Å². The molecule has 1 aliphatic rings. The number of benzene rings is 1. The zero-order chi connectivity index (χ0) is 19.5. The van der Waals surface area contributed by atoms with Crippen molar-refractivity contribution in [3.8, 4) is 0 Å². The second kappa shape index (κ2) is 7.82. The van der Waals surface area contributed by atoms with Crippen LogP contribution in [-0.4, -0.2) is 47.7 Å². The third-order valence-corrected chi connectivity index (χ3v) is 3.94. The van der Waals surface area contributed by atoms with Crippen LogP contribution in [0.1, 0.15) is 38.1 Å². The highest BCUT2D eigenvalue weighted by Gasteiger charge is 2.57. The Morgan fingerprint density at radius 1 is 1.31 bits per heavy atom. The predicted molar refractivity (Wildman–Crippen MR) is 90.9 cm³/mol. The third-order valence-electron chi connectivity index (χ3n) is 3.94. The Kier molecular flexibility index (Phi) is 6.16. The fraction of sp³-hybridized carbons (Fsp3) is 0.526. The second-order valence-electron chi connectivity index (χ2n) is 7.00. The number of ether oxygens (including phenoxy) is 3. The molecule has 5 nitrogen and oxygen atoms in total. The SMILES string of the molecule is CC(C)=C[C@@H]1OC(C)(C)O[C@@H]1[C@](O)(COC(=O)c1ccccc1)C(F)F. The fourth-order valence-electron chi connectivity index (χ4n) is 2.73. The normalized spacial score (nSPS) is 24.2. The van der Waals surface area contributed by atoms with E-state index in [-0.39, 0.29) is 5.56 Å². The highest BCUT2D eigenvalue weighted by Crippen LogP contribution is 2.38. The molecule has 1 saturated heterocycles. The lowest BCUT2D eigenvalue weighted by molar-refractivity contribution is -0.213. The van der Waals surface area contributed by atoms with Gasteiger partial charge in [0, 0.05) is 0 Å². The van der Waals surface area contributed by atoms with Crippen LogP contribution in [0.15, 0.2) is 42.0 Å². The predicted octanol–water partition coefficient (Wildman–Crippen LogP) is 3.33. The summed E-state index contributed by atoms with van der Waals surface area (Å²) in [5, 5.41) is 10.6. The van der Waals surface area contributed by atoms with Crippen LogP contribution >= 0.6 is 0 Å². The molecule has 0 saturated carbocycles. The summed E-state index contributed by atoms with van der Waals surface area (Å²) in [6.45, 7) is 5.78. The van der Waals surface area contributed by atoms with Crippen LogP contribution in [-0.2, 0) is 14.2 Å². The lowest BCUT2D eigenvalue weighted by Gasteiger charge is -2.33. The molecule has 0 aliphatic carbocycles. The van der Waals surface area contributed by atoms with Crippen molar-refractivity contribution >= 4 is 5.97 Å². The third kappa shape index (κ3) is 4.66. The van der Waals surface area contributed by atoms with E-state index in [1.165, 1.54) is 12.1 Å². The molecule has 1 heterocycles. The average Bonchev–Trinajstić information content (AvgIpc) is 2.87. The first-order chi connectivity index (χ1) is 12.0. The zero-order valence-electron chi connectivity index (χ0n) is 15.2. The zero-order valence-corrected chi connectivity index (χ0v) is 15.2. The first-order valence-corrected chi connectivity index (χ1v) is 8.28. The van der Waals surface area contributed by atoms with Crippen LogP contribution in [0.2, 0.25) is 0 Å². The van der Waals surface area contributed by atoms with Gasteiger partial charge in [-0.1, -0.05) is 29.8 Å². The molecule has 0 bridgehead atoms. The summed E-state index contributed by atoms with van der Waals surface area (Å²) in [4.78, 5) is 12.1. The molecular weight excluding hydrogens is 346 g/mol. The van der Waals surface area contributed by atoms with E-state index < -0.39 is 42.6 Å². The van der Waals surface area contributed by atoms with Gasteiger partial charge in [0.2, 0.25) is 0 Å². The number of hydrogen-bond acceptors (Lipinski definition) is 5. The van der Waals surface area contributed by atoms with Crippen molar-refractivity contribution in [2.24, 2.45) is 0 Å². The van der Waals surface area contributed by atoms with Gasteiger partial charge in [-0.15, -0.1) is 0 Å². The molecule has 144 valence electrons. The molecule has 1 aliphatic heterocycles. The van der Waals surface area contributed by atoms with Crippen molar-refractivity contribution in [1.82, 2.24) is 0 Å². The highest BCUT2D eigenvalue weighted by molar-refractivity contribution is 5.89. The van der Waals surface area contributed by atoms with Crippen molar-refractivity contribution in [3.63, 3.8) is 0 Å². The minimum atomic E-state index is -3.21. The van der Waals surface area contributed by atoms with Crippen LogP contribution in [0.4, 0.5) is 8.78 Å². The highest BCUT2D eigenvalue weighted by atomic mass is 19.3. The Labute approximate surface area is 151 Å². The van der Waals surface area contributed by atoms with Crippen molar-refractivity contribution in [3.05, 3.63) is 47.5 Å². The van der Waals surface area contributed by atoms with Gasteiger partial charge in [-0.25, -0.2) is 13.6 Å². The monoisotopic (exact) mass is 370 g/mol. The van der Waals surface area contributed by atoms with E-state index in [0.717, 1.165) is 5.57 Å². The minimum absolute atomic E-state index is 0.203. The maximum Gasteiger partial charge on any atom is 0.338 e. The smallest absolute Gasteiger partial charge is 0.338 e. The Balaban J connectivity index is 2.22. The van der Waals surface area contributed by atoms with Crippen LogP contribution in [0.25, 0.3) is 0 Å². The number of esters is 1. The molecule has 3 atom stereocenters. The van der Waals surface area contributed by atoms with E-state index in [1.807, 2.05) is 0 Å². The van der Waals surface area contributed by atoms with E-state index in [4.69, 9.17) is 14.2 Å². The molecule has 0 amide bonds. The van der Waals surface area contributed by atoms with Crippen LogP contribution in [0.5, 0.6) is 0 Å². The molecular formula is C19H24F2O5. The number of allylic oxidation sites excluding steroid dienone is 1. The van der Waals surface area contributed by atoms with Gasteiger partial charge in [0.15, 0.2) is 11.4 Å². The summed E-state index contributed by atoms with van der Waals surface area (Å²) in [6.07, 6.45) is -3.90. The van der Waals surface area contributed by atoms with Gasteiger partial charge >= 0.3 is 5.97 Å². The molecule has 7 heteroatoms. The Morgan fingerprint density at radius 2 is 1.92 bits per heavy atom. The summed E-state index contributed by atoms with van der Waals surface area (Å²) in [5.74, 6) is -1.96.